The zero-order chi connectivity index (χ0) is 19.7. The van der Waals surface area contributed by atoms with E-state index in [1.807, 2.05) is 18.2 Å². The number of halogens is 3. The van der Waals surface area contributed by atoms with Gasteiger partial charge in [-0.3, -0.25) is 0 Å². The van der Waals surface area contributed by atoms with Crippen LogP contribution in [-0.4, -0.2) is 29.6 Å². The predicted molar refractivity (Wildman–Crippen MR) is 98.4 cm³/mol. The van der Waals surface area contributed by atoms with Crippen LogP contribution in [0.15, 0.2) is 42.5 Å². The molecular weight excluding hydrogens is 371 g/mol. The molecule has 5 nitrogen and oxygen atoms in total. The van der Waals surface area contributed by atoms with E-state index >= 15 is 0 Å². The lowest BCUT2D eigenvalue weighted by molar-refractivity contribution is -0.137. The van der Waals surface area contributed by atoms with Gasteiger partial charge in [0.15, 0.2) is 0 Å². The van der Waals surface area contributed by atoms with Gasteiger partial charge in [0.05, 0.1) is 35.7 Å². The first-order valence-corrected chi connectivity index (χ1v) is 9.05. The van der Waals surface area contributed by atoms with Crippen LogP contribution in [0.1, 0.15) is 17.7 Å². The van der Waals surface area contributed by atoms with Crippen molar-refractivity contribution in [3.63, 3.8) is 0 Å². The summed E-state index contributed by atoms with van der Waals surface area (Å²) in [4.78, 5) is 0. The van der Waals surface area contributed by atoms with Gasteiger partial charge in [-0.25, -0.2) is 4.68 Å². The van der Waals surface area contributed by atoms with Gasteiger partial charge in [0.25, 0.3) is 0 Å². The number of hydrogen-bond acceptors (Lipinski definition) is 4. The lowest BCUT2D eigenvalue weighted by Gasteiger charge is -2.11. The molecule has 1 saturated heterocycles. The molecule has 0 spiro atoms. The number of fused-ring (bicyclic) bond motifs is 1. The van der Waals surface area contributed by atoms with Crippen molar-refractivity contribution in [1.29, 1.82) is 0 Å². The van der Waals surface area contributed by atoms with Gasteiger partial charge in [0, 0.05) is 24.5 Å². The maximum Gasteiger partial charge on any atom is 0.416 e. The Hall–Kier alpha value is -2.58. The Balaban J connectivity index is 1.64. The highest BCUT2D eigenvalue weighted by Gasteiger charge is 2.30. The minimum atomic E-state index is -4.37. The molecule has 0 amide bonds. The SMILES string of the molecule is NCc1nn(-c2ccc(C(F)(F)F)cc2)c2ccc(OCC3CCOC3)cc12. The highest BCUT2D eigenvalue weighted by atomic mass is 19.4. The molecule has 1 unspecified atom stereocenters. The van der Waals surface area contributed by atoms with Crippen LogP contribution in [-0.2, 0) is 17.5 Å². The molecule has 0 aliphatic carbocycles. The standard InChI is InChI=1S/C20H20F3N3O2/c21-20(22,23)14-1-3-15(4-2-14)26-19-6-5-16(9-17(19)18(10-24)25-26)28-12-13-7-8-27-11-13/h1-6,9,13H,7-8,10-12,24H2. The molecule has 0 radical (unpaired) electrons. The maximum atomic E-state index is 12.8. The van der Waals surface area contributed by atoms with Gasteiger partial charge < -0.3 is 15.2 Å². The number of alkyl halides is 3. The Morgan fingerprint density at radius 2 is 1.96 bits per heavy atom. The molecule has 4 rings (SSSR count). The fraction of sp³-hybridized carbons (Fsp3) is 0.350. The number of nitrogens with two attached hydrogens (primary N) is 1. The summed E-state index contributed by atoms with van der Waals surface area (Å²) in [5.74, 6) is 1.10. The number of aromatic nitrogens is 2. The van der Waals surface area contributed by atoms with E-state index in [-0.39, 0.29) is 6.54 Å². The lowest BCUT2D eigenvalue weighted by Crippen LogP contribution is -2.11. The summed E-state index contributed by atoms with van der Waals surface area (Å²) in [6.07, 6.45) is -3.38. The predicted octanol–water partition coefficient (Wildman–Crippen LogP) is 3.92. The Bertz CT molecular complexity index is 961. The molecule has 1 aliphatic heterocycles. The molecule has 28 heavy (non-hydrogen) atoms. The summed E-state index contributed by atoms with van der Waals surface area (Å²) in [5.41, 5.74) is 7.09. The first kappa shape index (κ1) is 18.8. The van der Waals surface area contributed by atoms with Crippen molar-refractivity contribution in [1.82, 2.24) is 9.78 Å². The molecule has 2 N–H and O–H groups in total. The molecule has 2 heterocycles. The highest BCUT2D eigenvalue weighted by Crippen LogP contribution is 2.31. The highest BCUT2D eigenvalue weighted by molar-refractivity contribution is 5.85. The third kappa shape index (κ3) is 3.70. The van der Waals surface area contributed by atoms with Crippen LogP contribution in [0.5, 0.6) is 5.75 Å². The molecule has 8 heteroatoms. The Morgan fingerprint density at radius 1 is 1.18 bits per heavy atom. The molecule has 0 bridgehead atoms. The van der Waals surface area contributed by atoms with E-state index in [1.165, 1.54) is 12.1 Å². The topological polar surface area (TPSA) is 62.3 Å². The molecule has 0 saturated carbocycles. The first-order valence-electron chi connectivity index (χ1n) is 9.05. The van der Waals surface area contributed by atoms with E-state index in [9.17, 15) is 13.2 Å². The third-order valence-electron chi connectivity index (χ3n) is 4.87. The molecule has 148 valence electrons. The van der Waals surface area contributed by atoms with Gasteiger partial charge in [0.1, 0.15) is 5.75 Å². The molecule has 2 aromatic carbocycles. The van der Waals surface area contributed by atoms with Crippen molar-refractivity contribution >= 4 is 10.9 Å². The fourth-order valence-corrected chi connectivity index (χ4v) is 3.32. The minimum absolute atomic E-state index is 0.212. The number of ether oxygens (including phenoxy) is 2. The zero-order valence-electron chi connectivity index (χ0n) is 15.1. The van der Waals surface area contributed by atoms with Crippen molar-refractivity contribution in [2.24, 2.45) is 11.7 Å². The van der Waals surface area contributed by atoms with Crippen molar-refractivity contribution in [2.45, 2.75) is 19.1 Å². The second kappa shape index (κ2) is 7.44. The molecule has 1 aliphatic rings. The average molecular weight is 391 g/mol. The van der Waals surface area contributed by atoms with E-state index in [0.717, 1.165) is 36.1 Å². The summed E-state index contributed by atoms with van der Waals surface area (Å²) in [7, 11) is 0. The number of benzene rings is 2. The molecule has 1 atom stereocenters. The van der Waals surface area contributed by atoms with Crippen molar-refractivity contribution in [3.05, 3.63) is 53.7 Å². The normalized spacial score (nSPS) is 17.4. The van der Waals surface area contributed by atoms with Crippen molar-refractivity contribution < 1.29 is 22.6 Å². The average Bonchev–Trinajstić information content (AvgIpc) is 3.33. The Kier molecular flexibility index (Phi) is 4.99. The van der Waals surface area contributed by atoms with E-state index < -0.39 is 11.7 Å². The van der Waals surface area contributed by atoms with E-state index in [0.29, 0.717) is 36.3 Å². The van der Waals surface area contributed by atoms with Crippen LogP contribution in [0, 0.1) is 5.92 Å². The number of rotatable bonds is 5. The molecule has 1 aromatic heterocycles. The van der Waals surface area contributed by atoms with Crippen LogP contribution in [0.4, 0.5) is 13.2 Å². The maximum absolute atomic E-state index is 12.8. The van der Waals surface area contributed by atoms with Crippen LogP contribution in [0.25, 0.3) is 16.6 Å². The van der Waals surface area contributed by atoms with Crippen LogP contribution in [0.2, 0.25) is 0 Å². The second-order valence-electron chi connectivity index (χ2n) is 6.83. The summed E-state index contributed by atoms with van der Waals surface area (Å²) >= 11 is 0. The lowest BCUT2D eigenvalue weighted by atomic mass is 10.1. The number of hydrogen-bond donors (Lipinski definition) is 1. The Labute approximate surface area is 159 Å². The van der Waals surface area contributed by atoms with Crippen LogP contribution >= 0.6 is 0 Å². The van der Waals surface area contributed by atoms with Gasteiger partial charge in [-0.2, -0.15) is 18.3 Å². The fourth-order valence-electron chi connectivity index (χ4n) is 3.32. The van der Waals surface area contributed by atoms with E-state index in [2.05, 4.69) is 5.10 Å². The second-order valence-corrected chi connectivity index (χ2v) is 6.83. The third-order valence-corrected chi connectivity index (χ3v) is 4.87. The van der Waals surface area contributed by atoms with Gasteiger partial charge in [-0.1, -0.05) is 0 Å². The van der Waals surface area contributed by atoms with Gasteiger partial charge in [-0.15, -0.1) is 0 Å². The summed E-state index contributed by atoms with van der Waals surface area (Å²) in [6, 6.07) is 10.5. The smallest absolute Gasteiger partial charge is 0.416 e. The van der Waals surface area contributed by atoms with Crippen molar-refractivity contribution in [2.75, 3.05) is 19.8 Å². The first-order chi connectivity index (χ1) is 13.5. The number of nitrogens with zero attached hydrogens (tertiary/aromatic N) is 2. The van der Waals surface area contributed by atoms with Gasteiger partial charge in [-0.05, 0) is 48.9 Å². The minimum Gasteiger partial charge on any atom is -0.493 e. The monoisotopic (exact) mass is 391 g/mol. The van der Waals surface area contributed by atoms with Crippen LogP contribution in [0.3, 0.4) is 0 Å². The molecular formula is C20H20F3N3O2. The van der Waals surface area contributed by atoms with Crippen molar-refractivity contribution in [3.8, 4) is 11.4 Å². The quantitative estimate of drug-likeness (QED) is 0.716. The molecule has 3 aromatic rings. The van der Waals surface area contributed by atoms with E-state index in [1.54, 1.807) is 4.68 Å². The Morgan fingerprint density at radius 3 is 2.61 bits per heavy atom. The largest absolute Gasteiger partial charge is 0.493 e. The zero-order valence-corrected chi connectivity index (χ0v) is 15.1. The van der Waals surface area contributed by atoms with Gasteiger partial charge >= 0.3 is 6.18 Å². The van der Waals surface area contributed by atoms with Crippen LogP contribution < -0.4 is 10.5 Å². The van der Waals surface area contributed by atoms with Gasteiger partial charge in [0.2, 0.25) is 0 Å². The molecule has 1 fully saturated rings. The summed E-state index contributed by atoms with van der Waals surface area (Å²) < 4.78 is 51.2. The summed E-state index contributed by atoms with van der Waals surface area (Å²) in [6.45, 7) is 2.27. The van der Waals surface area contributed by atoms with E-state index in [4.69, 9.17) is 15.2 Å². The summed E-state index contributed by atoms with van der Waals surface area (Å²) in [5, 5.41) is 5.31.